The van der Waals surface area contributed by atoms with E-state index in [1.54, 1.807) is 71.1 Å². The van der Waals surface area contributed by atoms with E-state index in [-0.39, 0.29) is 17.5 Å². The van der Waals surface area contributed by atoms with Crippen LogP contribution in [0.5, 0.6) is 11.5 Å². The lowest BCUT2D eigenvalue weighted by atomic mass is 10.2. The molecular formula is C24H26N8O5S. The van der Waals surface area contributed by atoms with E-state index in [0.29, 0.717) is 28.5 Å². The second-order valence-electron chi connectivity index (χ2n) is 8.50. The number of pyridine rings is 1. The van der Waals surface area contributed by atoms with Gasteiger partial charge in [-0.15, -0.1) is 10.2 Å². The number of hydrogen-bond acceptors (Lipinski definition) is 9. The molecule has 0 aliphatic rings. The summed E-state index contributed by atoms with van der Waals surface area (Å²) >= 11 is 0. The van der Waals surface area contributed by atoms with Crippen LogP contribution in [0.1, 0.15) is 18.7 Å². The van der Waals surface area contributed by atoms with Crippen LogP contribution in [-0.2, 0) is 17.1 Å². The van der Waals surface area contributed by atoms with Crippen LogP contribution in [0, 0.1) is 0 Å². The number of aliphatic hydroxyl groups is 1. The van der Waals surface area contributed by atoms with E-state index in [2.05, 4.69) is 25.0 Å². The molecule has 0 saturated carbocycles. The first-order chi connectivity index (χ1) is 18.2. The summed E-state index contributed by atoms with van der Waals surface area (Å²) in [5.74, 6) is 0.890. The maximum Gasteiger partial charge on any atom is 0.243 e. The van der Waals surface area contributed by atoms with Crippen LogP contribution in [0.25, 0.3) is 22.9 Å². The Morgan fingerprint density at radius 2 is 1.74 bits per heavy atom. The Morgan fingerprint density at radius 3 is 2.37 bits per heavy atom. The number of sulfonamides is 1. The van der Waals surface area contributed by atoms with Crippen LogP contribution in [0.2, 0.25) is 0 Å². The molecule has 0 unspecified atom stereocenters. The molecular weight excluding hydrogens is 512 g/mol. The Morgan fingerprint density at radius 1 is 1.00 bits per heavy atom. The molecule has 0 fully saturated rings. The molecule has 5 rings (SSSR count). The van der Waals surface area contributed by atoms with E-state index in [9.17, 15) is 13.5 Å². The van der Waals surface area contributed by atoms with Crippen molar-refractivity contribution in [3.05, 3.63) is 66.7 Å². The van der Waals surface area contributed by atoms with Crippen molar-refractivity contribution in [1.29, 1.82) is 0 Å². The Bertz CT molecular complexity index is 1650. The van der Waals surface area contributed by atoms with Gasteiger partial charge in [0.15, 0.2) is 5.82 Å². The quantitative estimate of drug-likeness (QED) is 0.288. The maximum absolute atomic E-state index is 13.5. The number of hydrogen-bond donors (Lipinski definition) is 2. The van der Waals surface area contributed by atoms with Crippen LogP contribution in [0.3, 0.4) is 0 Å². The van der Waals surface area contributed by atoms with E-state index in [0.717, 1.165) is 0 Å². The van der Waals surface area contributed by atoms with E-state index in [1.807, 2.05) is 6.07 Å². The number of nitrogens with zero attached hydrogens (tertiary/aromatic N) is 7. The molecule has 0 spiro atoms. The zero-order valence-electron chi connectivity index (χ0n) is 21.0. The minimum Gasteiger partial charge on any atom is -0.494 e. The van der Waals surface area contributed by atoms with Gasteiger partial charge >= 0.3 is 0 Å². The SMILES string of the molecule is COc1cccc(OC)c1-n1c(NS(=O)(=O)[C@@H](C)[C@H](O)c2cn3ccccc3n2)nnc1-c1ccn(C)n1. The molecule has 0 aliphatic heterocycles. The fourth-order valence-electron chi connectivity index (χ4n) is 4.04. The van der Waals surface area contributed by atoms with Crippen molar-refractivity contribution >= 4 is 21.6 Å². The molecule has 0 saturated heterocycles. The Balaban J connectivity index is 1.58. The summed E-state index contributed by atoms with van der Waals surface area (Å²) in [7, 11) is 0.511. The molecule has 4 aromatic heterocycles. The highest BCUT2D eigenvalue weighted by molar-refractivity contribution is 7.93. The molecule has 2 atom stereocenters. The summed E-state index contributed by atoms with van der Waals surface area (Å²) in [5, 5.41) is 22.4. The minimum absolute atomic E-state index is 0.137. The summed E-state index contributed by atoms with van der Waals surface area (Å²) in [6.07, 6.45) is 3.66. The summed E-state index contributed by atoms with van der Waals surface area (Å²) in [6.45, 7) is 1.39. The molecule has 38 heavy (non-hydrogen) atoms. The first kappa shape index (κ1) is 25.2. The van der Waals surface area contributed by atoms with Gasteiger partial charge in [-0.05, 0) is 37.3 Å². The topological polar surface area (TPSA) is 151 Å². The molecule has 0 aliphatic carbocycles. The van der Waals surface area contributed by atoms with Gasteiger partial charge in [0.25, 0.3) is 0 Å². The first-order valence-electron chi connectivity index (χ1n) is 11.5. The number of imidazole rings is 1. The molecule has 198 valence electrons. The van der Waals surface area contributed by atoms with Crippen molar-refractivity contribution in [2.75, 3.05) is 18.9 Å². The van der Waals surface area contributed by atoms with E-state index in [1.165, 1.54) is 25.7 Å². The summed E-state index contributed by atoms with van der Waals surface area (Å²) in [5.41, 5.74) is 1.61. The number of aromatic nitrogens is 7. The number of aliphatic hydroxyl groups excluding tert-OH is 1. The highest BCUT2D eigenvalue weighted by Crippen LogP contribution is 2.37. The van der Waals surface area contributed by atoms with Gasteiger partial charge in [0.2, 0.25) is 16.0 Å². The van der Waals surface area contributed by atoms with Crippen molar-refractivity contribution in [3.8, 4) is 28.7 Å². The summed E-state index contributed by atoms with van der Waals surface area (Å²) < 4.78 is 45.4. The molecule has 13 nitrogen and oxygen atoms in total. The fraction of sp³-hybridized carbons (Fsp3) is 0.250. The summed E-state index contributed by atoms with van der Waals surface area (Å²) in [4.78, 5) is 4.35. The highest BCUT2D eigenvalue weighted by Gasteiger charge is 2.34. The standard InChI is InChI=1S/C24H26N8O5S/c1-15(22(33)17-14-31-12-6-5-10-20(31)25-17)38(34,35)29-24-27-26-23(16-11-13-30(2)28-16)32(24)21-18(36-3)8-7-9-19(21)37-4/h5-15,22,33H,1-4H3,(H,27,29)/t15-,22-/m0/s1. The number of rotatable bonds is 9. The van der Waals surface area contributed by atoms with E-state index >= 15 is 0 Å². The Hall–Kier alpha value is -4.43. The molecule has 5 aromatic rings. The van der Waals surface area contributed by atoms with Crippen molar-refractivity contribution in [2.24, 2.45) is 7.05 Å². The summed E-state index contributed by atoms with van der Waals surface area (Å²) in [6, 6.07) is 12.2. The minimum atomic E-state index is -4.21. The van der Waals surface area contributed by atoms with Gasteiger partial charge in [0, 0.05) is 25.6 Å². The number of ether oxygens (including phenoxy) is 2. The number of nitrogens with one attached hydrogen (secondary N) is 1. The third-order valence-electron chi connectivity index (χ3n) is 6.08. The molecule has 14 heteroatoms. The number of para-hydroxylation sites is 1. The largest absolute Gasteiger partial charge is 0.494 e. The second kappa shape index (κ2) is 9.79. The van der Waals surface area contributed by atoms with Crippen molar-refractivity contribution in [1.82, 2.24) is 33.9 Å². The van der Waals surface area contributed by atoms with Gasteiger partial charge in [-0.3, -0.25) is 14.0 Å². The van der Waals surface area contributed by atoms with Crippen molar-refractivity contribution < 1.29 is 23.0 Å². The second-order valence-corrected chi connectivity index (χ2v) is 10.5. The van der Waals surface area contributed by atoms with Gasteiger partial charge < -0.3 is 19.0 Å². The maximum atomic E-state index is 13.5. The van der Waals surface area contributed by atoms with Crippen molar-refractivity contribution in [3.63, 3.8) is 0 Å². The normalized spacial score (nSPS) is 13.4. The van der Waals surface area contributed by atoms with Crippen molar-refractivity contribution in [2.45, 2.75) is 18.3 Å². The van der Waals surface area contributed by atoms with Crippen LogP contribution in [0.15, 0.2) is 61.1 Å². The number of benzene rings is 1. The fourth-order valence-corrected chi connectivity index (χ4v) is 5.09. The monoisotopic (exact) mass is 538 g/mol. The number of fused-ring (bicyclic) bond motifs is 1. The average Bonchev–Trinajstić information content (AvgIpc) is 3.65. The third-order valence-corrected chi connectivity index (χ3v) is 7.79. The zero-order valence-corrected chi connectivity index (χ0v) is 21.9. The first-order valence-corrected chi connectivity index (χ1v) is 13.1. The van der Waals surface area contributed by atoms with Gasteiger partial charge in [-0.25, -0.2) is 13.4 Å². The van der Waals surface area contributed by atoms with E-state index in [4.69, 9.17) is 9.47 Å². The lowest BCUT2D eigenvalue weighted by Crippen LogP contribution is -2.32. The molecule has 1 aromatic carbocycles. The average molecular weight is 539 g/mol. The van der Waals surface area contributed by atoms with Crippen LogP contribution in [-0.4, -0.2) is 66.9 Å². The van der Waals surface area contributed by atoms with Gasteiger partial charge in [-0.1, -0.05) is 12.1 Å². The van der Waals surface area contributed by atoms with Gasteiger partial charge in [0.05, 0.1) is 19.9 Å². The smallest absolute Gasteiger partial charge is 0.243 e. The Kier molecular flexibility index (Phi) is 6.50. The number of aryl methyl sites for hydroxylation is 1. The van der Waals surface area contributed by atoms with Crippen LogP contribution in [0.4, 0.5) is 5.95 Å². The van der Waals surface area contributed by atoms with Crippen LogP contribution < -0.4 is 14.2 Å². The predicted octanol–water partition coefficient (Wildman–Crippen LogP) is 2.20. The number of methoxy groups -OCH3 is 2. The molecule has 2 N–H and O–H groups in total. The molecule has 0 amide bonds. The molecule has 0 radical (unpaired) electrons. The van der Waals surface area contributed by atoms with Crippen LogP contribution >= 0.6 is 0 Å². The highest BCUT2D eigenvalue weighted by atomic mass is 32.2. The Labute approximate surface area is 218 Å². The zero-order chi connectivity index (χ0) is 27.0. The van der Waals surface area contributed by atoms with E-state index < -0.39 is 21.4 Å². The lowest BCUT2D eigenvalue weighted by Gasteiger charge is -2.20. The molecule has 4 heterocycles. The van der Waals surface area contributed by atoms with Gasteiger partial charge in [-0.2, -0.15) is 5.10 Å². The predicted molar refractivity (Wildman–Crippen MR) is 139 cm³/mol. The lowest BCUT2D eigenvalue weighted by molar-refractivity contribution is 0.172. The number of anilines is 1. The van der Waals surface area contributed by atoms with Gasteiger partial charge in [0.1, 0.15) is 39.9 Å². The molecule has 0 bridgehead atoms. The third kappa shape index (κ3) is 4.43.